The second-order valence-electron chi connectivity index (χ2n) is 4.27. The fourth-order valence-electron chi connectivity index (χ4n) is 1.75. The molecule has 0 saturated carbocycles. The summed E-state index contributed by atoms with van der Waals surface area (Å²) >= 11 is 1.95. The lowest BCUT2D eigenvalue weighted by Gasteiger charge is -2.22. The van der Waals surface area contributed by atoms with Gasteiger partial charge in [0.05, 0.1) is 5.25 Å². The number of carbonyl (C=O) groups is 3. The summed E-state index contributed by atoms with van der Waals surface area (Å²) < 4.78 is 0. The lowest BCUT2D eigenvalue weighted by atomic mass is 10.2. The summed E-state index contributed by atoms with van der Waals surface area (Å²) in [6.07, 6.45) is 1.44. The molecule has 1 amide bonds. The first-order chi connectivity index (χ1) is 10.0. The Labute approximate surface area is 130 Å². The van der Waals surface area contributed by atoms with Crippen LogP contribution in [0.25, 0.3) is 0 Å². The topological polar surface area (TPSA) is 74.7 Å². The van der Waals surface area contributed by atoms with Crippen molar-refractivity contribution in [2.45, 2.75) is 17.5 Å². The van der Waals surface area contributed by atoms with Crippen LogP contribution in [0.2, 0.25) is 0 Å². The van der Waals surface area contributed by atoms with E-state index in [1.165, 1.54) is 6.20 Å². The third kappa shape index (κ3) is 3.68. The van der Waals surface area contributed by atoms with E-state index in [0.717, 1.165) is 28.4 Å². The van der Waals surface area contributed by atoms with Crippen molar-refractivity contribution < 1.29 is 19.5 Å². The molecule has 0 radical (unpaired) electrons. The van der Waals surface area contributed by atoms with E-state index in [0.29, 0.717) is 5.56 Å². The number of carboxylic acid groups (broad SMARTS) is 1. The summed E-state index contributed by atoms with van der Waals surface area (Å²) in [5, 5.41) is 8.80. The van der Waals surface area contributed by atoms with Crippen LogP contribution in [0.4, 0.5) is 0 Å². The van der Waals surface area contributed by atoms with Crippen LogP contribution >= 0.6 is 23.5 Å². The van der Waals surface area contributed by atoms with Gasteiger partial charge >= 0.3 is 5.97 Å². The number of carbonyl (C=O) groups excluding carboxylic acids is 2. The highest BCUT2D eigenvalue weighted by Crippen LogP contribution is 2.28. The van der Waals surface area contributed by atoms with Crippen molar-refractivity contribution in [1.82, 2.24) is 4.90 Å². The fourth-order valence-corrected chi connectivity index (χ4v) is 3.34. The van der Waals surface area contributed by atoms with Crippen molar-refractivity contribution >= 4 is 40.5 Å². The first-order valence-electron chi connectivity index (χ1n) is 6.14. The molecule has 1 aromatic carbocycles. The van der Waals surface area contributed by atoms with E-state index >= 15 is 0 Å². The van der Waals surface area contributed by atoms with Crippen LogP contribution in [-0.2, 0) is 9.59 Å². The molecule has 0 spiro atoms. The van der Waals surface area contributed by atoms with Gasteiger partial charge in [0, 0.05) is 11.8 Å². The van der Waals surface area contributed by atoms with Crippen molar-refractivity contribution in [2.24, 2.45) is 0 Å². The first-order valence-corrected chi connectivity index (χ1v) is 7.96. The standard InChI is InChI=1S/C14H13NO4S2/c1-9(21-14(19)10-5-3-2-4-6-10)11(16)15-7-8-20-12(15)13(17)18/h2-9,12H,1H3,(H,17,18). The average molecular weight is 323 g/mol. The molecule has 0 fully saturated rings. The van der Waals surface area contributed by atoms with Gasteiger partial charge in [0.15, 0.2) is 5.37 Å². The molecule has 0 bridgehead atoms. The maximum absolute atomic E-state index is 12.3. The molecular formula is C14H13NO4S2. The molecule has 1 aliphatic heterocycles. The van der Waals surface area contributed by atoms with Crippen molar-refractivity contribution in [3.63, 3.8) is 0 Å². The minimum absolute atomic E-state index is 0.209. The zero-order valence-electron chi connectivity index (χ0n) is 11.1. The van der Waals surface area contributed by atoms with E-state index in [4.69, 9.17) is 5.11 Å². The summed E-state index contributed by atoms with van der Waals surface area (Å²) in [6, 6.07) is 8.66. The quantitative estimate of drug-likeness (QED) is 0.917. The third-order valence-electron chi connectivity index (χ3n) is 2.79. The summed E-state index contributed by atoms with van der Waals surface area (Å²) in [6.45, 7) is 1.60. The monoisotopic (exact) mass is 323 g/mol. The van der Waals surface area contributed by atoms with Gasteiger partial charge < -0.3 is 5.11 Å². The molecule has 0 aromatic heterocycles. The van der Waals surface area contributed by atoms with Gasteiger partial charge in [-0.1, -0.05) is 53.9 Å². The second-order valence-corrected chi connectivity index (χ2v) is 6.58. The normalized spacial score (nSPS) is 18.5. The van der Waals surface area contributed by atoms with Gasteiger partial charge in [-0.25, -0.2) is 4.79 Å². The molecule has 2 unspecified atom stereocenters. The molecule has 21 heavy (non-hydrogen) atoms. The van der Waals surface area contributed by atoms with Gasteiger partial charge in [-0.3, -0.25) is 14.5 Å². The van der Waals surface area contributed by atoms with E-state index in [1.807, 2.05) is 0 Å². The van der Waals surface area contributed by atoms with E-state index < -0.39 is 22.5 Å². The number of amides is 1. The maximum Gasteiger partial charge on any atom is 0.337 e. The molecule has 2 rings (SSSR count). The molecule has 1 aromatic rings. The minimum Gasteiger partial charge on any atom is -0.479 e. The number of hydrogen-bond donors (Lipinski definition) is 1. The lowest BCUT2D eigenvalue weighted by molar-refractivity contribution is -0.143. The third-order valence-corrected chi connectivity index (χ3v) is 4.76. The largest absolute Gasteiger partial charge is 0.479 e. The smallest absolute Gasteiger partial charge is 0.337 e. The number of carboxylic acids is 1. The van der Waals surface area contributed by atoms with E-state index in [2.05, 4.69) is 0 Å². The molecule has 0 saturated heterocycles. The van der Waals surface area contributed by atoms with Gasteiger partial charge in [-0.2, -0.15) is 0 Å². The van der Waals surface area contributed by atoms with E-state index in [-0.39, 0.29) is 5.12 Å². The highest BCUT2D eigenvalue weighted by Gasteiger charge is 2.34. The Hall–Kier alpha value is -1.73. The van der Waals surface area contributed by atoms with Gasteiger partial charge in [0.25, 0.3) is 0 Å². The van der Waals surface area contributed by atoms with Crippen LogP contribution in [0, 0.1) is 0 Å². The number of nitrogens with zero attached hydrogens (tertiary/aromatic N) is 1. The van der Waals surface area contributed by atoms with Crippen LogP contribution in [0.15, 0.2) is 41.9 Å². The number of thioether (sulfide) groups is 2. The van der Waals surface area contributed by atoms with E-state index in [1.54, 1.807) is 42.7 Å². The minimum atomic E-state index is -1.08. The van der Waals surface area contributed by atoms with Crippen LogP contribution in [0.1, 0.15) is 17.3 Å². The van der Waals surface area contributed by atoms with E-state index in [9.17, 15) is 14.4 Å². The zero-order chi connectivity index (χ0) is 15.4. The van der Waals surface area contributed by atoms with Gasteiger partial charge in [-0.05, 0) is 12.3 Å². The summed E-state index contributed by atoms with van der Waals surface area (Å²) in [5.41, 5.74) is 0.517. The van der Waals surface area contributed by atoms with Crippen molar-refractivity contribution in [3.05, 3.63) is 47.5 Å². The van der Waals surface area contributed by atoms with Crippen LogP contribution < -0.4 is 0 Å². The molecular weight excluding hydrogens is 310 g/mol. The molecule has 1 heterocycles. The predicted octanol–water partition coefficient (Wildman–Crippen LogP) is 2.41. The Bertz CT molecular complexity index is 588. The highest BCUT2D eigenvalue weighted by molar-refractivity contribution is 8.15. The molecule has 2 atom stereocenters. The summed E-state index contributed by atoms with van der Waals surface area (Å²) in [5.74, 6) is -1.47. The van der Waals surface area contributed by atoms with Gasteiger partial charge in [0.2, 0.25) is 11.0 Å². The maximum atomic E-state index is 12.3. The fraction of sp³-hybridized carbons (Fsp3) is 0.214. The number of hydrogen-bond acceptors (Lipinski definition) is 5. The van der Waals surface area contributed by atoms with Crippen molar-refractivity contribution in [2.75, 3.05) is 0 Å². The molecule has 0 aliphatic carbocycles. The SMILES string of the molecule is CC(SC(=O)c1ccccc1)C(=O)N1C=CSC1C(=O)O. The van der Waals surface area contributed by atoms with Crippen LogP contribution in [-0.4, -0.2) is 37.6 Å². The Morgan fingerprint density at radius 1 is 1.29 bits per heavy atom. The number of benzene rings is 1. The van der Waals surface area contributed by atoms with Crippen molar-refractivity contribution in [1.29, 1.82) is 0 Å². The van der Waals surface area contributed by atoms with Crippen LogP contribution in [0.3, 0.4) is 0 Å². The zero-order valence-corrected chi connectivity index (χ0v) is 12.8. The average Bonchev–Trinajstić information content (AvgIpc) is 2.96. The first kappa shape index (κ1) is 15.7. The lowest BCUT2D eigenvalue weighted by Crippen LogP contribution is -2.40. The van der Waals surface area contributed by atoms with Crippen molar-refractivity contribution in [3.8, 4) is 0 Å². The Morgan fingerprint density at radius 3 is 2.57 bits per heavy atom. The van der Waals surface area contributed by atoms with Gasteiger partial charge in [-0.15, -0.1) is 0 Å². The number of aliphatic carboxylic acids is 1. The molecule has 1 N–H and O–H groups in total. The summed E-state index contributed by atoms with van der Waals surface area (Å²) in [4.78, 5) is 36.5. The molecule has 7 heteroatoms. The van der Waals surface area contributed by atoms with Crippen LogP contribution in [0.5, 0.6) is 0 Å². The predicted molar refractivity (Wildman–Crippen MR) is 82.8 cm³/mol. The Kier molecular flexibility index (Phi) is 5.08. The summed E-state index contributed by atoms with van der Waals surface area (Å²) in [7, 11) is 0. The molecule has 1 aliphatic rings. The Balaban J connectivity index is 2.01. The molecule has 5 nitrogen and oxygen atoms in total. The Morgan fingerprint density at radius 2 is 1.95 bits per heavy atom. The molecule has 110 valence electrons. The van der Waals surface area contributed by atoms with Gasteiger partial charge in [0.1, 0.15) is 0 Å². The number of rotatable bonds is 4. The second kappa shape index (κ2) is 6.82. The highest BCUT2D eigenvalue weighted by atomic mass is 32.2.